The van der Waals surface area contributed by atoms with Crippen molar-refractivity contribution in [3.05, 3.63) is 71.0 Å². The Bertz CT molecular complexity index is 906. The van der Waals surface area contributed by atoms with Crippen molar-refractivity contribution in [1.82, 2.24) is 9.80 Å². The van der Waals surface area contributed by atoms with E-state index in [1.807, 2.05) is 4.90 Å². The molecule has 150 valence electrons. The fourth-order valence-electron chi connectivity index (χ4n) is 4.24. The number of fused-ring (bicyclic) bond motifs is 1. The summed E-state index contributed by atoms with van der Waals surface area (Å²) in [5.74, 6) is -0.783. The van der Waals surface area contributed by atoms with E-state index < -0.39 is 0 Å². The highest BCUT2D eigenvalue weighted by atomic mass is 19.1. The van der Waals surface area contributed by atoms with Crippen molar-refractivity contribution in [2.24, 2.45) is 0 Å². The van der Waals surface area contributed by atoms with Gasteiger partial charge in [-0.05, 0) is 55.5 Å². The zero-order valence-electron chi connectivity index (χ0n) is 16.1. The molecule has 0 aliphatic carbocycles. The average molecular weight is 394 g/mol. The third kappa shape index (κ3) is 3.92. The van der Waals surface area contributed by atoms with Gasteiger partial charge in [-0.25, -0.2) is 4.39 Å². The summed E-state index contributed by atoms with van der Waals surface area (Å²) < 4.78 is 13.1. The Labute approximate surface area is 169 Å². The van der Waals surface area contributed by atoms with Crippen LogP contribution in [0.25, 0.3) is 0 Å². The van der Waals surface area contributed by atoms with Gasteiger partial charge in [-0.3, -0.25) is 19.3 Å². The van der Waals surface area contributed by atoms with Gasteiger partial charge in [-0.15, -0.1) is 0 Å². The summed E-state index contributed by atoms with van der Waals surface area (Å²) in [6, 6.07) is 13.3. The molecule has 29 heavy (non-hydrogen) atoms. The number of carbonyl (C=O) groups is 3. The van der Waals surface area contributed by atoms with Crippen LogP contribution in [-0.4, -0.2) is 46.7 Å². The average Bonchev–Trinajstić information content (AvgIpc) is 3.28. The summed E-state index contributed by atoms with van der Waals surface area (Å²) in [6.07, 6.45) is 3.35. The largest absolute Gasteiger partial charge is 0.339 e. The molecule has 4 rings (SSSR count). The minimum atomic E-state index is -0.284. The van der Waals surface area contributed by atoms with Crippen molar-refractivity contribution in [3.63, 3.8) is 0 Å². The van der Waals surface area contributed by atoms with Crippen molar-refractivity contribution in [2.75, 3.05) is 13.1 Å². The number of hydrogen-bond acceptors (Lipinski definition) is 3. The highest BCUT2D eigenvalue weighted by Gasteiger charge is 2.35. The van der Waals surface area contributed by atoms with Gasteiger partial charge in [0, 0.05) is 25.6 Å². The Morgan fingerprint density at radius 2 is 1.66 bits per heavy atom. The maximum atomic E-state index is 13.1. The Morgan fingerprint density at radius 1 is 1.00 bits per heavy atom. The van der Waals surface area contributed by atoms with Gasteiger partial charge in [-0.2, -0.15) is 0 Å². The second-order valence-corrected chi connectivity index (χ2v) is 7.62. The van der Waals surface area contributed by atoms with E-state index in [0.717, 1.165) is 24.9 Å². The van der Waals surface area contributed by atoms with Crippen molar-refractivity contribution in [2.45, 2.75) is 38.1 Å². The SMILES string of the molecule is O=C1c2ccccc2C(=O)N1CCCC(=O)N1CCCC1Cc1ccc(F)cc1. The molecule has 3 amide bonds. The highest BCUT2D eigenvalue weighted by Crippen LogP contribution is 2.24. The summed E-state index contributed by atoms with van der Waals surface area (Å²) in [5, 5.41) is 0. The van der Waals surface area contributed by atoms with Crippen molar-refractivity contribution in [1.29, 1.82) is 0 Å². The van der Waals surface area contributed by atoms with Gasteiger partial charge in [0.05, 0.1) is 11.1 Å². The normalized spacial score (nSPS) is 18.4. The Kier molecular flexibility index (Phi) is 5.43. The molecule has 6 heteroatoms. The second kappa shape index (κ2) is 8.15. The Balaban J connectivity index is 1.31. The predicted molar refractivity (Wildman–Crippen MR) is 106 cm³/mol. The van der Waals surface area contributed by atoms with Gasteiger partial charge in [-0.1, -0.05) is 24.3 Å². The quantitative estimate of drug-likeness (QED) is 0.706. The predicted octanol–water partition coefficient (Wildman–Crippen LogP) is 3.44. The fourth-order valence-corrected chi connectivity index (χ4v) is 4.24. The topological polar surface area (TPSA) is 57.7 Å². The molecule has 0 saturated carbocycles. The minimum Gasteiger partial charge on any atom is -0.339 e. The number of carbonyl (C=O) groups excluding carboxylic acids is 3. The smallest absolute Gasteiger partial charge is 0.261 e. The van der Waals surface area contributed by atoms with Gasteiger partial charge >= 0.3 is 0 Å². The standard InChI is InChI=1S/C23H23FN2O3/c24-17-11-9-16(10-12-17)15-18-5-3-13-25(18)21(27)8-4-14-26-22(28)19-6-1-2-7-20(19)23(26)29/h1-2,6-7,9-12,18H,3-5,8,13-15H2. The van der Waals surface area contributed by atoms with Gasteiger partial charge in [0.25, 0.3) is 11.8 Å². The molecule has 1 saturated heterocycles. The first kappa shape index (κ1) is 19.3. The van der Waals surface area contributed by atoms with Crippen LogP contribution in [0.2, 0.25) is 0 Å². The third-order valence-corrected chi connectivity index (χ3v) is 5.73. The van der Waals surface area contributed by atoms with E-state index in [-0.39, 0.29) is 36.1 Å². The zero-order chi connectivity index (χ0) is 20.4. The lowest BCUT2D eigenvalue weighted by molar-refractivity contribution is -0.132. The molecule has 2 heterocycles. The number of likely N-dealkylation sites (tertiary alicyclic amines) is 1. The maximum Gasteiger partial charge on any atom is 0.261 e. The number of hydrogen-bond donors (Lipinski definition) is 0. The first-order valence-corrected chi connectivity index (χ1v) is 10.0. The molecule has 1 unspecified atom stereocenters. The molecule has 1 atom stereocenters. The van der Waals surface area contributed by atoms with E-state index in [0.29, 0.717) is 30.4 Å². The summed E-state index contributed by atoms with van der Waals surface area (Å²) in [7, 11) is 0. The van der Waals surface area contributed by atoms with Crippen molar-refractivity contribution < 1.29 is 18.8 Å². The molecule has 0 aromatic heterocycles. The van der Waals surface area contributed by atoms with Gasteiger partial charge < -0.3 is 4.90 Å². The number of benzene rings is 2. The van der Waals surface area contributed by atoms with Crippen LogP contribution in [0.1, 0.15) is 52.0 Å². The minimum absolute atomic E-state index is 0.0474. The maximum absolute atomic E-state index is 13.1. The van der Waals surface area contributed by atoms with Crippen LogP contribution in [-0.2, 0) is 11.2 Å². The molecule has 0 bridgehead atoms. The third-order valence-electron chi connectivity index (χ3n) is 5.73. The van der Waals surface area contributed by atoms with Crippen LogP contribution in [0, 0.1) is 5.82 Å². The molecule has 5 nitrogen and oxygen atoms in total. The second-order valence-electron chi connectivity index (χ2n) is 7.62. The number of amides is 3. The van der Waals surface area contributed by atoms with Crippen LogP contribution in [0.15, 0.2) is 48.5 Å². The van der Waals surface area contributed by atoms with Gasteiger partial charge in [0.15, 0.2) is 0 Å². The molecule has 0 spiro atoms. The zero-order valence-corrected chi connectivity index (χ0v) is 16.1. The monoisotopic (exact) mass is 394 g/mol. The molecule has 2 aromatic rings. The molecule has 1 fully saturated rings. The van der Waals surface area contributed by atoms with E-state index in [1.165, 1.54) is 17.0 Å². The van der Waals surface area contributed by atoms with E-state index in [2.05, 4.69) is 0 Å². The van der Waals surface area contributed by atoms with E-state index >= 15 is 0 Å². The van der Waals surface area contributed by atoms with E-state index in [9.17, 15) is 18.8 Å². The first-order chi connectivity index (χ1) is 14.0. The molecular weight excluding hydrogens is 371 g/mol. The number of rotatable bonds is 6. The highest BCUT2D eigenvalue weighted by molar-refractivity contribution is 6.21. The van der Waals surface area contributed by atoms with E-state index in [4.69, 9.17) is 0 Å². The summed E-state index contributed by atoms with van der Waals surface area (Å²) in [4.78, 5) is 40.7. The summed E-state index contributed by atoms with van der Waals surface area (Å²) in [6.45, 7) is 0.965. The lowest BCUT2D eigenvalue weighted by atomic mass is 10.0. The van der Waals surface area contributed by atoms with E-state index in [1.54, 1.807) is 36.4 Å². The van der Waals surface area contributed by atoms with Crippen molar-refractivity contribution >= 4 is 17.7 Å². The van der Waals surface area contributed by atoms with Crippen LogP contribution in [0.5, 0.6) is 0 Å². The molecule has 0 N–H and O–H groups in total. The number of imide groups is 1. The van der Waals surface area contributed by atoms with Crippen LogP contribution in [0.3, 0.4) is 0 Å². The number of nitrogens with zero attached hydrogens (tertiary/aromatic N) is 2. The lowest BCUT2D eigenvalue weighted by Gasteiger charge is -2.25. The summed E-state index contributed by atoms with van der Waals surface area (Å²) in [5.41, 5.74) is 1.88. The van der Waals surface area contributed by atoms with Crippen LogP contribution < -0.4 is 0 Å². The molecule has 0 radical (unpaired) electrons. The fraction of sp³-hybridized carbons (Fsp3) is 0.348. The number of halogens is 1. The molecule has 2 aromatic carbocycles. The van der Waals surface area contributed by atoms with Gasteiger partial charge in [0.2, 0.25) is 5.91 Å². The summed E-state index contributed by atoms with van der Waals surface area (Å²) >= 11 is 0. The Morgan fingerprint density at radius 3 is 2.31 bits per heavy atom. The van der Waals surface area contributed by atoms with Crippen molar-refractivity contribution in [3.8, 4) is 0 Å². The van der Waals surface area contributed by atoms with Crippen LogP contribution in [0.4, 0.5) is 4.39 Å². The first-order valence-electron chi connectivity index (χ1n) is 10.0. The van der Waals surface area contributed by atoms with Crippen LogP contribution >= 0.6 is 0 Å². The lowest BCUT2D eigenvalue weighted by Crippen LogP contribution is -2.37. The molecule has 2 aliphatic heterocycles. The Hall–Kier alpha value is -3.02. The molecule has 2 aliphatic rings. The van der Waals surface area contributed by atoms with Gasteiger partial charge in [0.1, 0.15) is 5.82 Å². The molecular formula is C23H23FN2O3.